The molecule has 2 aromatic carbocycles. The molecule has 1 saturated heterocycles. The Labute approximate surface area is 187 Å². The van der Waals surface area contributed by atoms with Gasteiger partial charge in [-0.15, -0.1) is 0 Å². The van der Waals surface area contributed by atoms with Crippen LogP contribution in [0.1, 0.15) is 23.6 Å². The summed E-state index contributed by atoms with van der Waals surface area (Å²) in [5, 5.41) is 11.2. The maximum atomic E-state index is 13.1. The van der Waals surface area contributed by atoms with Gasteiger partial charge in [0.25, 0.3) is 11.7 Å². The fraction of sp³-hybridized carbons (Fsp3) is 0.333. The Bertz CT molecular complexity index is 1030. The second kappa shape index (κ2) is 10.2. The van der Waals surface area contributed by atoms with Crippen molar-refractivity contribution in [3.8, 4) is 17.2 Å². The summed E-state index contributed by atoms with van der Waals surface area (Å²) in [5.74, 6) is -0.329. The number of carbonyl (C=O) groups is 2. The molecule has 0 aliphatic carbocycles. The van der Waals surface area contributed by atoms with Gasteiger partial charge in [-0.25, -0.2) is 0 Å². The van der Waals surface area contributed by atoms with Gasteiger partial charge < -0.3 is 29.0 Å². The van der Waals surface area contributed by atoms with E-state index in [9.17, 15) is 14.7 Å². The number of Topliss-reactive ketones (excluding diaryl/α,β-unsaturated/α-hetero) is 1. The molecular formula is C24H27NO7. The molecule has 1 heterocycles. The van der Waals surface area contributed by atoms with Crippen molar-refractivity contribution in [1.29, 1.82) is 0 Å². The van der Waals surface area contributed by atoms with E-state index in [0.29, 0.717) is 35.8 Å². The van der Waals surface area contributed by atoms with Gasteiger partial charge in [-0.1, -0.05) is 12.1 Å². The number of hydrogen-bond acceptors (Lipinski definition) is 7. The molecular weight excluding hydrogens is 414 g/mol. The number of amides is 1. The van der Waals surface area contributed by atoms with E-state index in [1.165, 1.54) is 26.2 Å². The number of aliphatic hydroxyl groups is 1. The van der Waals surface area contributed by atoms with Crippen LogP contribution < -0.4 is 14.2 Å². The standard InChI is InChI=1S/C24H27NO7/c1-29-12-6-11-25-21(15-7-5-8-16(13-15)30-2)20(23(27)24(25)28)22(26)18-10-9-17(31-3)14-19(18)32-4/h5,7-10,13-14,21,26H,6,11-12H2,1-4H3/b22-20-. The second-order valence-electron chi connectivity index (χ2n) is 7.18. The van der Waals surface area contributed by atoms with E-state index < -0.39 is 17.7 Å². The lowest BCUT2D eigenvalue weighted by Crippen LogP contribution is -2.31. The summed E-state index contributed by atoms with van der Waals surface area (Å²) in [4.78, 5) is 27.5. The van der Waals surface area contributed by atoms with Gasteiger partial charge >= 0.3 is 0 Å². The smallest absolute Gasteiger partial charge is 0.295 e. The molecule has 2 aromatic rings. The van der Waals surface area contributed by atoms with Crippen molar-refractivity contribution in [2.45, 2.75) is 12.5 Å². The Morgan fingerprint density at radius 2 is 1.69 bits per heavy atom. The molecule has 3 rings (SSSR count). The Balaban J connectivity index is 2.18. The van der Waals surface area contributed by atoms with E-state index in [-0.39, 0.29) is 23.4 Å². The van der Waals surface area contributed by atoms with Crippen LogP contribution in [0.3, 0.4) is 0 Å². The lowest BCUT2D eigenvalue weighted by atomic mass is 9.94. The number of carbonyl (C=O) groups excluding carboxylic acids is 2. The van der Waals surface area contributed by atoms with Gasteiger partial charge in [0.1, 0.15) is 23.0 Å². The molecule has 1 N–H and O–H groups in total. The quantitative estimate of drug-likeness (QED) is 0.276. The molecule has 1 unspecified atom stereocenters. The maximum Gasteiger partial charge on any atom is 0.295 e. The first-order valence-corrected chi connectivity index (χ1v) is 10.1. The highest BCUT2D eigenvalue weighted by atomic mass is 16.5. The summed E-state index contributed by atoms with van der Waals surface area (Å²) >= 11 is 0. The largest absolute Gasteiger partial charge is 0.507 e. The summed E-state index contributed by atoms with van der Waals surface area (Å²) in [6.07, 6.45) is 0.538. The molecule has 170 valence electrons. The van der Waals surface area contributed by atoms with E-state index in [1.807, 2.05) is 0 Å². The highest BCUT2D eigenvalue weighted by Gasteiger charge is 2.46. The van der Waals surface area contributed by atoms with Gasteiger partial charge in [-0.3, -0.25) is 9.59 Å². The summed E-state index contributed by atoms with van der Waals surface area (Å²) in [7, 11) is 6.08. The van der Waals surface area contributed by atoms with Gasteiger partial charge in [0.15, 0.2) is 0 Å². The minimum absolute atomic E-state index is 0.0101. The monoisotopic (exact) mass is 441 g/mol. The number of ether oxygens (including phenoxy) is 4. The fourth-order valence-electron chi connectivity index (χ4n) is 3.79. The molecule has 1 aliphatic heterocycles. The predicted molar refractivity (Wildman–Crippen MR) is 118 cm³/mol. The molecule has 8 nitrogen and oxygen atoms in total. The zero-order chi connectivity index (χ0) is 23.3. The van der Waals surface area contributed by atoms with Crippen molar-refractivity contribution < 1.29 is 33.6 Å². The van der Waals surface area contributed by atoms with Crippen LogP contribution in [0.4, 0.5) is 0 Å². The predicted octanol–water partition coefficient (Wildman–Crippen LogP) is 3.17. The number of aliphatic hydroxyl groups excluding tert-OH is 1. The molecule has 0 spiro atoms. The first kappa shape index (κ1) is 23.1. The van der Waals surface area contributed by atoms with Crippen molar-refractivity contribution >= 4 is 17.4 Å². The molecule has 32 heavy (non-hydrogen) atoms. The fourth-order valence-corrected chi connectivity index (χ4v) is 3.79. The van der Waals surface area contributed by atoms with Crippen LogP contribution in [0.5, 0.6) is 17.2 Å². The number of rotatable bonds is 9. The molecule has 1 atom stereocenters. The van der Waals surface area contributed by atoms with Gasteiger partial charge in [-0.2, -0.15) is 0 Å². The normalized spacial score (nSPS) is 17.5. The lowest BCUT2D eigenvalue weighted by molar-refractivity contribution is -0.140. The number of benzene rings is 2. The van der Waals surface area contributed by atoms with Gasteiger partial charge in [0.05, 0.1) is 38.5 Å². The second-order valence-corrected chi connectivity index (χ2v) is 7.18. The molecule has 0 saturated carbocycles. The van der Waals surface area contributed by atoms with Crippen LogP contribution in [0.2, 0.25) is 0 Å². The molecule has 1 amide bonds. The first-order valence-electron chi connectivity index (χ1n) is 10.1. The highest BCUT2D eigenvalue weighted by molar-refractivity contribution is 6.46. The molecule has 8 heteroatoms. The zero-order valence-corrected chi connectivity index (χ0v) is 18.6. The van der Waals surface area contributed by atoms with Crippen LogP contribution in [0.25, 0.3) is 5.76 Å². The SMILES string of the molecule is COCCCN1C(=O)C(=O)/C(=C(\O)c2ccc(OC)cc2OC)C1c1cccc(OC)c1. The topological polar surface area (TPSA) is 94.5 Å². The minimum Gasteiger partial charge on any atom is -0.507 e. The maximum absolute atomic E-state index is 13.1. The van der Waals surface area contributed by atoms with Crippen molar-refractivity contribution in [1.82, 2.24) is 4.90 Å². The molecule has 0 radical (unpaired) electrons. The summed E-state index contributed by atoms with van der Waals surface area (Å²) in [6.45, 7) is 0.719. The zero-order valence-electron chi connectivity index (χ0n) is 18.6. The van der Waals surface area contributed by atoms with Crippen molar-refractivity contribution in [3.63, 3.8) is 0 Å². The third-order valence-corrected chi connectivity index (χ3v) is 5.36. The van der Waals surface area contributed by atoms with E-state index in [1.54, 1.807) is 49.6 Å². The van der Waals surface area contributed by atoms with E-state index in [4.69, 9.17) is 18.9 Å². The van der Waals surface area contributed by atoms with Crippen LogP contribution in [-0.4, -0.2) is 63.3 Å². The molecule has 1 fully saturated rings. The number of methoxy groups -OCH3 is 4. The third-order valence-electron chi connectivity index (χ3n) is 5.36. The minimum atomic E-state index is -0.784. The molecule has 0 aromatic heterocycles. The Kier molecular flexibility index (Phi) is 7.37. The van der Waals surface area contributed by atoms with E-state index in [2.05, 4.69) is 0 Å². The van der Waals surface area contributed by atoms with Crippen LogP contribution in [0, 0.1) is 0 Å². The Morgan fingerprint density at radius 1 is 0.969 bits per heavy atom. The Morgan fingerprint density at radius 3 is 2.34 bits per heavy atom. The number of ketones is 1. The third kappa shape index (κ3) is 4.40. The van der Waals surface area contributed by atoms with Crippen LogP contribution in [0.15, 0.2) is 48.0 Å². The molecule has 0 bridgehead atoms. The van der Waals surface area contributed by atoms with E-state index >= 15 is 0 Å². The Hall–Kier alpha value is -3.52. The van der Waals surface area contributed by atoms with Crippen molar-refractivity contribution in [2.24, 2.45) is 0 Å². The number of hydrogen-bond donors (Lipinski definition) is 1. The van der Waals surface area contributed by atoms with Gasteiger partial charge in [0, 0.05) is 26.3 Å². The van der Waals surface area contributed by atoms with Gasteiger partial charge in [0.2, 0.25) is 0 Å². The molecule has 1 aliphatic rings. The van der Waals surface area contributed by atoms with Crippen LogP contribution >= 0.6 is 0 Å². The van der Waals surface area contributed by atoms with Crippen LogP contribution in [-0.2, 0) is 14.3 Å². The van der Waals surface area contributed by atoms with Crippen molar-refractivity contribution in [3.05, 3.63) is 59.2 Å². The summed E-state index contributed by atoms with van der Waals surface area (Å²) < 4.78 is 21.0. The highest BCUT2D eigenvalue weighted by Crippen LogP contribution is 2.42. The average molecular weight is 441 g/mol. The summed E-state index contributed by atoms with van der Waals surface area (Å²) in [6, 6.07) is 11.1. The lowest BCUT2D eigenvalue weighted by Gasteiger charge is -2.25. The first-order chi connectivity index (χ1) is 15.5. The van der Waals surface area contributed by atoms with Gasteiger partial charge in [-0.05, 0) is 36.2 Å². The number of nitrogens with zero attached hydrogens (tertiary/aromatic N) is 1. The summed E-state index contributed by atoms with van der Waals surface area (Å²) in [5.41, 5.74) is 0.926. The van der Waals surface area contributed by atoms with E-state index in [0.717, 1.165) is 0 Å². The van der Waals surface area contributed by atoms with Crippen molar-refractivity contribution in [2.75, 3.05) is 41.6 Å². The number of likely N-dealkylation sites (tertiary alicyclic amines) is 1. The average Bonchev–Trinajstić information content (AvgIpc) is 3.08.